The van der Waals surface area contributed by atoms with Crippen LogP contribution in [0.15, 0.2) is 4.42 Å². The molecule has 0 bridgehead atoms. The number of hydrogen-bond acceptors (Lipinski definition) is 6. The molecule has 17 heavy (non-hydrogen) atoms. The lowest BCUT2D eigenvalue weighted by molar-refractivity contribution is 0.325. The molecular weight excluding hydrogens is 218 g/mol. The third kappa shape index (κ3) is 2.42. The molecule has 2 heterocycles. The number of anilines is 1. The summed E-state index contributed by atoms with van der Waals surface area (Å²) in [4.78, 5) is 2.54. The van der Waals surface area contributed by atoms with Gasteiger partial charge >= 0.3 is 6.01 Å². The molecule has 1 saturated heterocycles. The van der Waals surface area contributed by atoms with E-state index >= 15 is 0 Å². The van der Waals surface area contributed by atoms with E-state index in [2.05, 4.69) is 20.4 Å². The van der Waals surface area contributed by atoms with Gasteiger partial charge in [-0.15, -0.1) is 5.10 Å². The van der Waals surface area contributed by atoms with Crippen LogP contribution in [-0.4, -0.2) is 40.3 Å². The minimum absolute atomic E-state index is 0.204. The van der Waals surface area contributed by atoms with Crippen molar-refractivity contribution in [2.75, 3.05) is 18.4 Å². The molecular formula is C11H19N5O. The summed E-state index contributed by atoms with van der Waals surface area (Å²) in [7, 11) is 0. The highest BCUT2D eigenvalue weighted by Crippen LogP contribution is 2.30. The molecule has 2 atom stereocenters. The van der Waals surface area contributed by atoms with Crippen LogP contribution in [0.1, 0.15) is 38.1 Å². The van der Waals surface area contributed by atoms with E-state index < -0.39 is 0 Å². The highest BCUT2D eigenvalue weighted by molar-refractivity contribution is 5.21. The molecule has 1 aromatic heterocycles. The third-order valence-electron chi connectivity index (χ3n) is 3.44. The van der Waals surface area contributed by atoms with Crippen LogP contribution in [-0.2, 0) is 0 Å². The summed E-state index contributed by atoms with van der Waals surface area (Å²) < 4.78 is 5.44. The zero-order valence-corrected chi connectivity index (χ0v) is 10.1. The first kappa shape index (κ1) is 11.0. The molecule has 3 N–H and O–H groups in total. The van der Waals surface area contributed by atoms with E-state index in [1.54, 1.807) is 0 Å². The predicted octanol–water partition coefficient (Wildman–Crippen LogP) is 0.738. The van der Waals surface area contributed by atoms with Crippen molar-refractivity contribution in [1.29, 1.82) is 0 Å². The Labute approximate surface area is 101 Å². The zero-order chi connectivity index (χ0) is 11.8. The van der Waals surface area contributed by atoms with E-state index in [1.807, 2.05) is 6.92 Å². The van der Waals surface area contributed by atoms with Crippen LogP contribution in [0.2, 0.25) is 0 Å². The quantitative estimate of drug-likeness (QED) is 0.804. The van der Waals surface area contributed by atoms with Crippen molar-refractivity contribution in [2.45, 2.75) is 44.3 Å². The van der Waals surface area contributed by atoms with Crippen LogP contribution in [0.25, 0.3) is 0 Å². The second-order valence-corrected chi connectivity index (χ2v) is 5.09. The van der Waals surface area contributed by atoms with Crippen LogP contribution in [0, 0.1) is 0 Å². The summed E-state index contributed by atoms with van der Waals surface area (Å²) in [6.07, 6.45) is 3.87. The van der Waals surface area contributed by atoms with Gasteiger partial charge in [-0.05, 0) is 26.2 Å². The lowest BCUT2D eigenvalue weighted by Gasteiger charge is -2.14. The van der Waals surface area contributed by atoms with Gasteiger partial charge in [0, 0.05) is 25.2 Å². The summed E-state index contributed by atoms with van der Waals surface area (Å²) in [5.41, 5.74) is 5.67. The van der Waals surface area contributed by atoms with Gasteiger partial charge in [0.1, 0.15) is 0 Å². The molecule has 2 aliphatic rings. The summed E-state index contributed by atoms with van der Waals surface area (Å²) in [6.45, 7) is 4.10. The fourth-order valence-electron chi connectivity index (χ4n) is 2.33. The minimum atomic E-state index is -0.204. The van der Waals surface area contributed by atoms with Crippen molar-refractivity contribution in [3.05, 3.63) is 5.89 Å². The Kier molecular flexibility index (Phi) is 2.76. The molecule has 0 aromatic carbocycles. The smallest absolute Gasteiger partial charge is 0.315 e. The summed E-state index contributed by atoms with van der Waals surface area (Å²) in [5.74, 6) is 0.490. The van der Waals surface area contributed by atoms with Crippen molar-refractivity contribution in [2.24, 2.45) is 5.73 Å². The molecule has 0 amide bonds. The Bertz CT molecular complexity index is 387. The van der Waals surface area contributed by atoms with E-state index in [1.165, 1.54) is 19.4 Å². The summed E-state index contributed by atoms with van der Waals surface area (Å²) in [5, 5.41) is 11.2. The molecule has 1 aromatic rings. The van der Waals surface area contributed by atoms with Gasteiger partial charge in [-0.1, -0.05) is 5.10 Å². The molecule has 0 radical (unpaired) electrons. The number of likely N-dealkylation sites (tertiary alicyclic amines) is 1. The molecule has 94 valence electrons. The monoisotopic (exact) mass is 237 g/mol. The van der Waals surface area contributed by atoms with Gasteiger partial charge in [0.15, 0.2) is 0 Å². The maximum Gasteiger partial charge on any atom is 0.315 e. The van der Waals surface area contributed by atoms with Crippen molar-refractivity contribution in [3.8, 4) is 0 Å². The maximum atomic E-state index is 5.67. The second kappa shape index (κ2) is 4.27. The largest absolute Gasteiger partial charge is 0.406 e. The molecule has 6 heteroatoms. The molecule has 1 aliphatic heterocycles. The van der Waals surface area contributed by atoms with Crippen molar-refractivity contribution >= 4 is 6.01 Å². The van der Waals surface area contributed by atoms with Gasteiger partial charge in [0.2, 0.25) is 5.89 Å². The molecule has 1 saturated carbocycles. The van der Waals surface area contributed by atoms with Crippen LogP contribution >= 0.6 is 0 Å². The minimum Gasteiger partial charge on any atom is -0.406 e. The summed E-state index contributed by atoms with van der Waals surface area (Å²) >= 11 is 0. The first-order valence-electron chi connectivity index (χ1n) is 6.32. The van der Waals surface area contributed by atoms with E-state index in [0.29, 0.717) is 17.9 Å². The van der Waals surface area contributed by atoms with Crippen LogP contribution in [0.5, 0.6) is 0 Å². The third-order valence-corrected chi connectivity index (χ3v) is 3.44. The van der Waals surface area contributed by atoms with Crippen molar-refractivity contribution < 1.29 is 4.42 Å². The number of hydrogen-bond donors (Lipinski definition) is 2. The van der Waals surface area contributed by atoms with E-state index in [9.17, 15) is 0 Å². The molecule has 0 spiro atoms. The molecule has 1 aliphatic carbocycles. The number of aromatic nitrogens is 2. The van der Waals surface area contributed by atoms with Gasteiger partial charge in [-0.2, -0.15) is 0 Å². The fourth-order valence-corrected chi connectivity index (χ4v) is 2.33. The number of nitrogens with zero attached hydrogens (tertiary/aromatic N) is 3. The van der Waals surface area contributed by atoms with E-state index in [4.69, 9.17) is 10.2 Å². The van der Waals surface area contributed by atoms with Gasteiger partial charge in [-0.25, -0.2) is 0 Å². The Balaban J connectivity index is 1.55. The molecule has 6 nitrogen and oxygen atoms in total. The Hall–Kier alpha value is -1.14. The molecule has 3 rings (SSSR count). The van der Waals surface area contributed by atoms with Crippen LogP contribution < -0.4 is 11.1 Å². The molecule has 2 unspecified atom stereocenters. The predicted molar refractivity (Wildman–Crippen MR) is 63.5 cm³/mol. The average Bonchev–Trinajstić information content (AvgIpc) is 2.87. The van der Waals surface area contributed by atoms with Crippen molar-refractivity contribution in [1.82, 2.24) is 15.1 Å². The SMILES string of the molecule is CC(N)c1nnc(NC2CCN(C3CC3)C2)o1. The summed E-state index contributed by atoms with van der Waals surface area (Å²) in [6, 6.07) is 1.56. The highest BCUT2D eigenvalue weighted by atomic mass is 16.4. The van der Waals surface area contributed by atoms with Gasteiger partial charge in [0.05, 0.1) is 6.04 Å². The van der Waals surface area contributed by atoms with E-state index in [-0.39, 0.29) is 6.04 Å². The first-order valence-corrected chi connectivity index (χ1v) is 6.32. The zero-order valence-electron chi connectivity index (χ0n) is 10.1. The topological polar surface area (TPSA) is 80.2 Å². The van der Waals surface area contributed by atoms with Crippen LogP contribution in [0.3, 0.4) is 0 Å². The Morgan fingerprint density at radius 1 is 1.41 bits per heavy atom. The number of rotatable bonds is 4. The van der Waals surface area contributed by atoms with Crippen LogP contribution in [0.4, 0.5) is 6.01 Å². The van der Waals surface area contributed by atoms with Gasteiger partial charge in [0.25, 0.3) is 0 Å². The Morgan fingerprint density at radius 3 is 2.88 bits per heavy atom. The highest BCUT2D eigenvalue weighted by Gasteiger charge is 2.34. The first-order chi connectivity index (χ1) is 8.22. The Morgan fingerprint density at radius 2 is 2.24 bits per heavy atom. The standard InChI is InChI=1S/C11H19N5O/c1-7(12)10-14-15-11(17-10)13-8-4-5-16(6-8)9-2-3-9/h7-9H,2-6,12H2,1H3,(H,13,15). The second-order valence-electron chi connectivity index (χ2n) is 5.09. The number of nitrogens with two attached hydrogens (primary N) is 1. The lowest BCUT2D eigenvalue weighted by Crippen LogP contribution is -2.27. The van der Waals surface area contributed by atoms with Crippen molar-refractivity contribution in [3.63, 3.8) is 0 Å². The van der Waals surface area contributed by atoms with Gasteiger partial charge in [-0.3, -0.25) is 4.90 Å². The van der Waals surface area contributed by atoms with Gasteiger partial charge < -0.3 is 15.5 Å². The number of nitrogens with one attached hydrogen (secondary N) is 1. The van der Waals surface area contributed by atoms with E-state index in [0.717, 1.165) is 19.0 Å². The normalized spacial score (nSPS) is 27.3. The lowest BCUT2D eigenvalue weighted by atomic mass is 10.3. The molecule has 2 fully saturated rings. The maximum absolute atomic E-state index is 5.67. The fraction of sp³-hybridized carbons (Fsp3) is 0.818. The average molecular weight is 237 g/mol.